The number of aliphatic hydroxyl groups is 2. The van der Waals surface area contributed by atoms with E-state index in [9.17, 15) is 10.2 Å². The van der Waals surface area contributed by atoms with E-state index >= 15 is 0 Å². The molecule has 6 heteroatoms. The van der Waals surface area contributed by atoms with Crippen molar-refractivity contribution in [2.45, 2.75) is 50.9 Å². The molecule has 0 unspecified atom stereocenters. The Morgan fingerprint density at radius 1 is 1.19 bits per heavy atom. The molecule has 2 atom stereocenters. The van der Waals surface area contributed by atoms with Gasteiger partial charge in [-0.3, -0.25) is 0 Å². The van der Waals surface area contributed by atoms with E-state index in [1.165, 1.54) is 5.56 Å². The first-order valence-corrected chi connectivity index (χ1v) is 11.4. The van der Waals surface area contributed by atoms with Gasteiger partial charge in [0.05, 0.1) is 12.2 Å². The lowest BCUT2D eigenvalue weighted by Gasteiger charge is -2.46. The molecular formula is C25H29ClN2O3. The van der Waals surface area contributed by atoms with Crippen LogP contribution in [0.25, 0.3) is 10.9 Å². The smallest absolute Gasteiger partial charge is 0.126 e. The number of halogens is 1. The largest absolute Gasteiger partial charge is 0.487 e. The summed E-state index contributed by atoms with van der Waals surface area (Å²) < 4.78 is 6.39. The van der Waals surface area contributed by atoms with Crippen molar-refractivity contribution in [3.05, 3.63) is 63.8 Å². The Morgan fingerprint density at radius 3 is 2.74 bits per heavy atom. The molecule has 0 aliphatic carbocycles. The summed E-state index contributed by atoms with van der Waals surface area (Å²) in [5.41, 5.74) is 4.72. The SMILES string of the molecule is Cc1ccc2c([C@H](O)CN3CCC4(CC3)C[C@@H](O)c3cc(Cl)ccc3O4)c(C)[nH]c2c1. The molecule has 2 aliphatic heterocycles. The van der Waals surface area contributed by atoms with Gasteiger partial charge in [-0.25, -0.2) is 0 Å². The van der Waals surface area contributed by atoms with E-state index < -0.39 is 12.2 Å². The summed E-state index contributed by atoms with van der Waals surface area (Å²) in [5.74, 6) is 0.737. The fourth-order valence-electron chi connectivity index (χ4n) is 5.29. The number of hydrogen-bond donors (Lipinski definition) is 3. The van der Waals surface area contributed by atoms with Gasteiger partial charge >= 0.3 is 0 Å². The van der Waals surface area contributed by atoms with Crippen molar-refractivity contribution in [2.24, 2.45) is 0 Å². The zero-order valence-electron chi connectivity index (χ0n) is 18.0. The Kier molecular flexibility index (Phi) is 5.25. The molecule has 3 aromatic rings. The number of benzene rings is 2. The molecule has 0 bridgehead atoms. The Morgan fingerprint density at radius 2 is 1.97 bits per heavy atom. The number of nitrogens with one attached hydrogen (secondary N) is 1. The van der Waals surface area contributed by atoms with Crippen molar-refractivity contribution in [1.82, 2.24) is 9.88 Å². The predicted molar refractivity (Wildman–Crippen MR) is 123 cm³/mol. The van der Waals surface area contributed by atoms with Crippen molar-refractivity contribution in [3.8, 4) is 5.75 Å². The van der Waals surface area contributed by atoms with Crippen LogP contribution in [0, 0.1) is 13.8 Å². The number of aryl methyl sites for hydroxylation is 2. The highest BCUT2D eigenvalue weighted by Crippen LogP contribution is 2.45. The van der Waals surface area contributed by atoms with Crippen molar-refractivity contribution in [3.63, 3.8) is 0 Å². The summed E-state index contributed by atoms with van der Waals surface area (Å²) in [6.45, 7) is 6.35. The van der Waals surface area contributed by atoms with Crippen LogP contribution >= 0.6 is 11.6 Å². The van der Waals surface area contributed by atoms with E-state index in [0.29, 0.717) is 18.0 Å². The lowest BCUT2D eigenvalue weighted by Crippen LogP contribution is -2.51. The van der Waals surface area contributed by atoms with E-state index in [1.54, 1.807) is 6.07 Å². The molecule has 1 spiro atoms. The Labute approximate surface area is 187 Å². The third-order valence-electron chi connectivity index (χ3n) is 6.95. The van der Waals surface area contributed by atoms with E-state index in [-0.39, 0.29) is 5.60 Å². The van der Waals surface area contributed by atoms with Gasteiger partial charge in [0.1, 0.15) is 11.4 Å². The Hall–Kier alpha value is -2.05. The van der Waals surface area contributed by atoms with Crippen LogP contribution in [0.4, 0.5) is 0 Å². The first kappa shape index (κ1) is 20.8. The van der Waals surface area contributed by atoms with E-state index in [4.69, 9.17) is 16.3 Å². The van der Waals surface area contributed by atoms with Gasteiger partial charge in [0.25, 0.3) is 0 Å². The number of aromatic amines is 1. The van der Waals surface area contributed by atoms with E-state index in [2.05, 4.69) is 35.0 Å². The molecule has 5 rings (SSSR count). The standard InChI is InChI=1S/C25H29ClN2O3/c1-15-3-5-18-20(11-15)27-16(2)24(18)22(30)14-28-9-7-25(8-10-28)13-21(29)19-12-17(26)4-6-23(19)31-25/h3-6,11-12,21-22,27,29-30H,7-10,13-14H2,1-2H3/t21-,22-/m1/s1. The second kappa shape index (κ2) is 7.82. The lowest BCUT2D eigenvalue weighted by atomic mass is 9.81. The number of likely N-dealkylation sites (tertiary alicyclic amines) is 1. The molecule has 0 radical (unpaired) electrons. The van der Waals surface area contributed by atoms with Gasteiger partial charge < -0.3 is 24.8 Å². The lowest BCUT2D eigenvalue weighted by molar-refractivity contribution is -0.0587. The maximum absolute atomic E-state index is 11.1. The minimum absolute atomic E-state index is 0.351. The average Bonchev–Trinajstić information content (AvgIpc) is 3.05. The number of aliphatic hydroxyl groups excluding tert-OH is 2. The van der Waals surface area contributed by atoms with Gasteiger partial charge in [-0.15, -0.1) is 0 Å². The molecule has 3 heterocycles. The third-order valence-corrected chi connectivity index (χ3v) is 7.18. The summed E-state index contributed by atoms with van der Waals surface area (Å²) in [5, 5.41) is 23.5. The maximum atomic E-state index is 11.1. The number of ether oxygens (including phenoxy) is 1. The molecule has 5 nitrogen and oxygen atoms in total. The average molecular weight is 441 g/mol. The van der Waals surface area contributed by atoms with E-state index in [1.807, 2.05) is 19.1 Å². The summed E-state index contributed by atoms with van der Waals surface area (Å²) in [4.78, 5) is 5.72. The molecule has 1 aromatic heterocycles. The summed E-state index contributed by atoms with van der Waals surface area (Å²) >= 11 is 6.08. The molecule has 31 heavy (non-hydrogen) atoms. The fourth-order valence-corrected chi connectivity index (χ4v) is 5.47. The fraction of sp³-hybridized carbons (Fsp3) is 0.440. The summed E-state index contributed by atoms with van der Waals surface area (Å²) in [7, 11) is 0. The Bertz CT molecular complexity index is 1120. The number of hydrogen-bond acceptors (Lipinski definition) is 4. The van der Waals surface area contributed by atoms with Gasteiger partial charge in [-0.2, -0.15) is 0 Å². The molecule has 2 aromatic carbocycles. The quantitative estimate of drug-likeness (QED) is 0.546. The molecule has 3 N–H and O–H groups in total. The number of aromatic nitrogens is 1. The van der Waals surface area contributed by atoms with Crippen LogP contribution < -0.4 is 4.74 Å². The highest BCUT2D eigenvalue weighted by molar-refractivity contribution is 6.30. The Balaban J connectivity index is 1.27. The molecule has 1 saturated heterocycles. The van der Waals surface area contributed by atoms with Gasteiger partial charge in [0, 0.05) is 58.8 Å². The van der Waals surface area contributed by atoms with Crippen LogP contribution in [0.2, 0.25) is 5.02 Å². The van der Waals surface area contributed by atoms with Gasteiger partial charge in [-0.1, -0.05) is 23.7 Å². The number of fused-ring (bicyclic) bond motifs is 2. The third kappa shape index (κ3) is 3.85. The normalized spacial score (nSPS) is 21.8. The van der Waals surface area contributed by atoms with Crippen LogP contribution in [-0.2, 0) is 0 Å². The first-order valence-electron chi connectivity index (χ1n) is 11.0. The van der Waals surface area contributed by atoms with E-state index in [0.717, 1.165) is 59.4 Å². The van der Waals surface area contributed by atoms with Crippen molar-refractivity contribution >= 4 is 22.5 Å². The summed E-state index contributed by atoms with van der Waals surface area (Å²) in [6, 6.07) is 11.8. The van der Waals surface area contributed by atoms with Crippen molar-refractivity contribution in [2.75, 3.05) is 19.6 Å². The second-order valence-corrected chi connectivity index (χ2v) is 9.65. The van der Waals surface area contributed by atoms with Crippen LogP contribution in [0.5, 0.6) is 5.75 Å². The molecular weight excluding hydrogens is 412 g/mol. The number of H-pyrrole nitrogens is 1. The predicted octanol–water partition coefficient (Wildman–Crippen LogP) is 4.82. The van der Waals surface area contributed by atoms with Crippen LogP contribution in [-0.4, -0.2) is 45.3 Å². The monoisotopic (exact) mass is 440 g/mol. The number of rotatable bonds is 3. The number of β-amino-alcohol motifs (C(OH)–C–C–N with tert-alkyl or cyclic N) is 1. The topological polar surface area (TPSA) is 68.7 Å². The second-order valence-electron chi connectivity index (χ2n) is 9.22. The zero-order chi connectivity index (χ0) is 21.8. The van der Waals surface area contributed by atoms with Gasteiger partial charge in [-0.05, 0) is 56.5 Å². The summed E-state index contributed by atoms with van der Waals surface area (Å²) in [6.07, 6.45) is 1.12. The van der Waals surface area contributed by atoms with Gasteiger partial charge in [0.15, 0.2) is 0 Å². The van der Waals surface area contributed by atoms with Crippen molar-refractivity contribution in [1.29, 1.82) is 0 Å². The van der Waals surface area contributed by atoms with Crippen LogP contribution in [0.3, 0.4) is 0 Å². The molecule has 0 amide bonds. The first-order chi connectivity index (χ1) is 14.8. The van der Waals surface area contributed by atoms with Crippen LogP contribution in [0.15, 0.2) is 36.4 Å². The number of nitrogens with zero attached hydrogens (tertiary/aromatic N) is 1. The molecule has 0 saturated carbocycles. The number of piperidine rings is 1. The highest BCUT2D eigenvalue weighted by Gasteiger charge is 2.43. The minimum Gasteiger partial charge on any atom is -0.487 e. The highest BCUT2D eigenvalue weighted by atomic mass is 35.5. The van der Waals surface area contributed by atoms with Crippen LogP contribution in [0.1, 0.15) is 53.9 Å². The molecule has 164 valence electrons. The molecule has 2 aliphatic rings. The van der Waals surface area contributed by atoms with Crippen molar-refractivity contribution < 1.29 is 14.9 Å². The zero-order valence-corrected chi connectivity index (χ0v) is 18.7. The minimum atomic E-state index is -0.558. The maximum Gasteiger partial charge on any atom is 0.126 e. The molecule has 1 fully saturated rings. The van der Waals surface area contributed by atoms with Gasteiger partial charge in [0.2, 0.25) is 0 Å².